The molecule has 10 atom stereocenters. The molecule has 10 unspecified atom stereocenters. The first-order valence-electron chi connectivity index (χ1n) is 26.9. The summed E-state index contributed by atoms with van der Waals surface area (Å²) >= 11 is 0. The number of phenols is 1. The van der Waals surface area contributed by atoms with Crippen LogP contribution in [-0.4, -0.2) is 189 Å². The van der Waals surface area contributed by atoms with E-state index in [4.69, 9.17) is 33.8 Å². The number of aliphatic carboxylic acids is 2. The van der Waals surface area contributed by atoms with Crippen LogP contribution in [-0.2, 0) is 64.0 Å². The summed E-state index contributed by atoms with van der Waals surface area (Å²) in [7, 11) is 0. The number of hydrogen-bond donors (Lipinski definition) is 19. The van der Waals surface area contributed by atoms with Gasteiger partial charge < -0.3 is 102 Å². The van der Waals surface area contributed by atoms with Gasteiger partial charge in [-0.15, -0.1) is 0 Å². The Morgan fingerprint density at radius 1 is 0.518 bits per heavy atom. The second kappa shape index (κ2) is 37.7. The smallest absolute Gasteiger partial charge is 0.326 e. The number of carboxylic acids is 2. The van der Waals surface area contributed by atoms with Crippen LogP contribution in [0.2, 0.25) is 0 Å². The van der Waals surface area contributed by atoms with Crippen molar-refractivity contribution >= 4 is 77.0 Å². The van der Waals surface area contributed by atoms with Crippen molar-refractivity contribution in [3.8, 4) is 5.75 Å². The number of carbonyl (C=O) groups excluding carboxylic acids is 10. The number of aliphatic hydroxyl groups excluding tert-OH is 2. The number of primary amides is 1. The Kier molecular flexibility index (Phi) is 33.1. The van der Waals surface area contributed by atoms with Crippen LogP contribution in [0.25, 0.3) is 0 Å². The number of aromatic hydroxyl groups is 1. The lowest BCUT2D eigenvalue weighted by Gasteiger charge is -2.28. The number of unbranched alkanes of at least 4 members (excludes halogenated alkanes) is 1. The van der Waals surface area contributed by atoms with Crippen LogP contribution < -0.4 is 76.5 Å². The van der Waals surface area contributed by atoms with E-state index in [-0.39, 0.29) is 69.2 Å². The number of rotatable bonds is 40. The van der Waals surface area contributed by atoms with Crippen molar-refractivity contribution in [2.75, 3.05) is 26.3 Å². The van der Waals surface area contributed by atoms with E-state index in [9.17, 15) is 78.0 Å². The molecule has 0 bridgehead atoms. The highest BCUT2D eigenvalue weighted by Gasteiger charge is 2.36. The van der Waals surface area contributed by atoms with Gasteiger partial charge in [-0.3, -0.25) is 57.7 Å². The molecule has 32 heteroatoms. The summed E-state index contributed by atoms with van der Waals surface area (Å²) in [5.41, 5.74) is 27.9. The lowest BCUT2D eigenvalue weighted by molar-refractivity contribution is -0.143. The molecule has 0 saturated heterocycles. The Labute approximate surface area is 479 Å². The number of benzene rings is 1. The van der Waals surface area contributed by atoms with Gasteiger partial charge in [0.25, 0.3) is 0 Å². The molecule has 0 radical (unpaired) electrons. The molecule has 0 heterocycles. The van der Waals surface area contributed by atoms with Gasteiger partial charge in [-0.25, -0.2) is 4.79 Å². The molecule has 0 aromatic heterocycles. The van der Waals surface area contributed by atoms with Gasteiger partial charge in [0, 0.05) is 25.8 Å². The Morgan fingerprint density at radius 3 is 1.51 bits per heavy atom. The van der Waals surface area contributed by atoms with Gasteiger partial charge in [-0.1, -0.05) is 39.8 Å². The van der Waals surface area contributed by atoms with Crippen molar-refractivity contribution in [3.63, 3.8) is 0 Å². The summed E-state index contributed by atoms with van der Waals surface area (Å²) in [5, 5.41) is 70.6. The number of aliphatic hydroxyl groups is 2. The number of carboxylic acid groups (broad SMARTS) is 2. The van der Waals surface area contributed by atoms with Crippen molar-refractivity contribution in [1.82, 2.24) is 47.9 Å². The lowest BCUT2D eigenvalue weighted by atomic mass is 10.0. The van der Waals surface area contributed by atoms with E-state index in [0.717, 1.165) is 0 Å². The third-order valence-electron chi connectivity index (χ3n) is 12.4. The first-order valence-corrected chi connectivity index (χ1v) is 26.9. The molecule has 32 nitrogen and oxygen atoms in total. The summed E-state index contributed by atoms with van der Waals surface area (Å²) in [6, 6.07) is -9.69. The van der Waals surface area contributed by atoms with Crippen LogP contribution in [0.1, 0.15) is 104 Å². The molecule has 0 aliphatic rings. The molecule has 0 saturated carbocycles. The van der Waals surface area contributed by atoms with Crippen LogP contribution in [0.15, 0.2) is 29.3 Å². The van der Waals surface area contributed by atoms with E-state index < -0.39 is 170 Å². The highest BCUT2D eigenvalue weighted by molar-refractivity contribution is 5.98. The zero-order chi connectivity index (χ0) is 63.1. The maximum Gasteiger partial charge on any atom is 0.326 e. The topological polar surface area (TPSA) is 557 Å². The predicted octanol–water partition coefficient (Wildman–Crippen LogP) is -6.27. The summed E-state index contributed by atoms with van der Waals surface area (Å²) in [4.78, 5) is 161. The molecule has 10 amide bonds. The Hall–Kier alpha value is -8.23. The predicted molar refractivity (Wildman–Crippen MR) is 297 cm³/mol. The quantitative estimate of drug-likeness (QED) is 0.0165. The summed E-state index contributed by atoms with van der Waals surface area (Å²) < 4.78 is 0. The van der Waals surface area contributed by atoms with Gasteiger partial charge >= 0.3 is 11.9 Å². The first-order chi connectivity index (χ1) is 38.9. The van der Waals surface area contributed by atoms with E-state index in [1.807, 2.05) is 0 Å². The molecule has 0 aliphatic heterocycles. The average Bonchev–Trinajstić information content (AvgIpc) is 3.47. The molecule has 466 valence electrons. The van der Waals surface area contributed by atoms with Gasteiger partial charge in [0.05, 0.1) is 19.3 Å². The van der Waals surface area contributed by atoms with E-state index in [1.165, 1.54) is 31.2 Å². The van der Waals surface area contributed by atoms with Crippen LogP contribution in [0.4, 0.5) is 0 Å². The fourth-order valence-corrected chi connectivity index (χ4v) is 7.75. The largest absolute Gasteiger partial charge is 0.508 e. The first kappa shape index (κ1) is 72.8. The highest BCUT2D eigenvalue weighted by Crippen LogP contribution is 2.14. The maximum atomic E-state index is 14.1. The van der Waals surface area contributed by atoms with E-state index >= 15 is 0 Å². The van der Waals surface area contributed by atoms with Crippen molar-refractivity contribution < 1.29 is 83.1 Å². The minimum atomic E-state index is -1.81. The number of guanidine groups is 1. The summed E-state index contributed by atoms with van der Waals surface area (Å²) in [6.07, 6.45) is -1.25. The number of amides is 10. The molecule has 83 heavy (non-hydrogen) atoms. The van der Waals surface area contributed by atoms with Gasteiger partial charge in [0.15, 0.2) is 5.96 Å². The molecular weight excluding hydrogens is 1090 g/mol. The number of nitrogens with one attached hydrogen (secondary N) is 9. The Balaban J connectivity index is 3.44. The van der Waals surface area contributed by atoms with Gasteiger partial charge in [-0.05, 0) is 94.4 Å². The minimum absolute atomic E-state index is 0.00563. The second-order valence-electron chi connectivity index (χ2n) is 20.4. The average molecular weight is 1180 g/mol. The normalized spacial score (nSPS) is 14.7. The lowest BCUT2D eigenvalue weighted by Crippen LogP contribution is -2.61. The molecule has 1 aromatic rings. The second-order valence-corrected chi connectivity index (χ2v) is 20.4. The fraction of sp³-hybridized carbons (Fsp3) is 0.627. The van der Waals surface area contributed by atoms with Crippen molar-refractivity contribution in [2.45, 2.75) is 166 Å². The van der Waals surface area contributed by atoms with Crippen LogP contribution in [0.5, 0.6) is 5.75 Å². The molecule has 0 aliphatic carbocycles. The molecule has 24 N–H and O–H groups in total. The summed E-state index contributed by atoms with van der Waals surface area (Å²) in [6.45, 7) is 5.88. The minimum Gasteiger partial charge on any atom is -0.508 e. The van der Waals surface area contributed by atoms with E-state index in [2.05, 4.69) is 52.8 Å². The van der Waals surface area contributed by atoms with E-state index in [1.54, 1.807) is 27.7 Å². The zero-order valence-corrected chi connectivity index (χ0v) is 47.3. The standard InChI is InChI=1S/C51H85N15O17/c1-25(2)21-34(45(77)65-37(24-68)47(79)61-33(50(82)83)9-6-7-19-52)62-46(78)35(22-28-11-13-29(69)14-12-28)63-48(80)36(23-67)64-41(73)27(5)58-43(75)31(10-8-20-57-51(55)56)59-44(76)32(16-17-38(54)70)60-49(81)40(26(3)4)66-42(74)30(53)15-18-39(71)72/h11-14,25-27,30-37,40,67-69H,6-10,15-24,52-53H2,1-5H3,(H2,54,70)(H,58,75)(H,59,76)(H,60,81)(H,61,79)(H,62,78)(H,63,80)(H,64,73)(H,65,77)(H,66,74)(H,71,72)(H,82,83)(H4,55,56,57). The number of nitrogens with zero attached hydrogens (tertiary/aromatic N) is 1. The Morgan fingerprint density at radius 2 is 0.988 bits per heavy atom. The zero-order valence-electron chi connectivity index (χ0n) is 47.3. The van der Waals surface area contributed by atoms with Crippen molar-refractivity contribution in [3.05, 3.63) is 29.8 Å². The molecular formula is C51H85N15O17. The number of carbonyl (C=O) groups is 12. The van der Waals surface area contributed by atoms with Crippen LogP contribution >= 0.6 is 0 Å². The van der Waals surface area contributed by atoms with Crippen molar-refractivity contribution in [2.24, 2.45) is 45.5 Å². The monoisotopic (exact) mass is 1180 g/mol. The molecule has 1 aromatic carbocycles. The number of nitrogens with two attached hydrogens (primary N) is 5. The van der Waals surface area contributed by atoms with Gasteiger partial charge in [0.1, 0.15) is 60.1 Å². The number of hydrogen-bond acceptors (Lipinski definition) is 18. The van der Waals surface area contributed by atoms with Crippen molar-refractivity contribution in [1.29, 1.82) is 0 Å². The summed E-state index contributed by atoms with van der Waals surface area (Å²) in [5.74, 6) is -13.8. The molecule has 0 fully saturated rings. The molecule has 1 rings (SSSR count). The number of aliphatic imine (C=N–C) groups is 1. The Bertz CT molecular complexity index is 2390. The third kappa shape index (κ3) is 28.4. The van der Waals surface area contributed by atoms with Gasteiger partial charge in [-0.2, -0.15) is 0 Å². The maximum absolute atomic E-state index is 14.1. The molecule has 0 spiro atoms. The van der Waals surface area contributed by atoms with Crippen LogP contribution in [0.3, 0.4) is 0 Å². The van der Waals surface area contributed by atoms with E-state index in [0.29, 0.717) is 18.4 Å². The van der Waals surface area contributed by atoms with Gasteiger partial charge in [0.2, 0.25) is 59.1 Å². The highest BCUT2D eigenvalue weighted by atomic mass is 16.4. The third-order valence-corrected chi connectivity index (χ3v) is 12.4. The fourth-order valence-electron chi connectivity index (χ4n) is 7.75. The van der Waals surface area contributed by atoms with Crippen LogP contribution in [0, 0.1) is 11.8 Å². The number of phenolic OH excluding ortho intramolecular Hbond substituents is 1. The SMILES string of the molecule is CC(C)CC(NC(=O)C(Cc1ccc(O)cc1)NC(=O)C(CO)NC(=O)C(C)NC(=O)C(CCCN=C(N)N)NC(=O)C(CCC(N)=O)NC(=O)C(NC(=O)C(N)CCC(=O)O)C(C)C)C(=O)NC(CO)C(=O)NC(CCCCN)C(=O)O.